The number of nitrogens with zero attached hydrogens (tertiary/aromatic N) is 2. The molecule has 1 amide bonds. The Morgan fingerprint density at radius 1 is 1.16 bits per heavy atom. The van der Waals surface area contributed by atoms with Gasteiger partial charge < -0.3 is 15.0 Å². The van der Waals surface area contributed by atoms with Gasteiger partial charge in [0, 0.05) is 30.4 Å². The van der Waals surface area contributed by atoms with Crippen molar-refractivity contribution in [3.8, 4) is 0 Å². The van der Waals surface area contributed by atoms with Crippen LogP contribution in [0.4, 0.5) is 21.5 Å². The van der Waals surface area contributed by atoms with Crippen molar-refractivity contribution in [3.05, 3.63) is 64.0 Å². The number of carbonyl (C=O) groups excluding carboxylic acids is 1. The molecule has 1 N–H and O–H groups in total. The summed E-state index contributed by atoms with van der Waals surface area (Å²) in [7, 11) is 0. The zero-order valence-corrected chi connectivity index (χ0v) is 13.3. The molecule has 1 aliphatic heterocycles. The normalized spacial score (nSPS) is 14.2. The molecule has 2 aromatic carbocycles. The number of hydrogen-bond donors (Lipinski definition) is 1. The van der Waals surface area contributed by atoms with Crippen LogP contribution in [0, 0.1) is 15.9 Å². The summed E-state index contributed by atoms with van der Waals surface area (Å²) in [6, 6.07) is 9.61. The van der Waals surface area contributed by atoms with E-state index in [2.05, 4.69) is 5.32 Å². The Morgan fingerprint density at radius 3 is 2.48 bits per heavy atom. The SMILES string of the molecule is O=C(Nc1ccc(N2CCOCC2)c([N+](=O)[O-])c1)c1ccc(F)cc1. The molecule has 0 spiro atoms. The molecule has 1 aliphatic rings. The molecule has 130 valence electrons. The number of benzene rings is 2. The van der Waals surface area contributed by atoms with E-state index in [4.69, 9.17) is 4.74 Å². The molecule has 25 heavy (non-hydrogen) atoms. The second-order valence-corrected chi connectivity index (χ2v) is 5.52. The zero-order chi connectivity index (χ0) is 17.8. The van der Waals surface area contributed by atoms with Gasteiger partial charge in [-0.1, -0.05) is 0 Å². The van der Waals surface area contributed by atoms with Crippen molar-refractivity contribution in [2.45, 2.75) is 0 Å². The lowest BCUT2D eigenvalue weighted by Crippen LogP contribution is -2.36. The molecular weight excluding hydrogens is 329 g/mol. The summed E-state index contributed by atoms with van der Waals surface area (Å²) >= 11 is 0. The van der Waals surface area contributed by atoms with Crippen LogP contribution in [0.5, 0.6) is 0 Å². The minimum atomic E-state index is -0.474. The minimum Gasteiger partial charge on any atom is -0.378 e. The molecule has 1 saturated heterocycles. The summed E-state index contributed by atoms with van der Waals surface area (Å²) in [6.07, 6.45) is 0. The van der Waals surface area contributed by atoms with E-state index < -0.39 is 16.6 Å². The fourth-order valence-electron chi connectivity index (χ4n) is 2.62. The second kappa shape index (κ2) is 7.27. The Labute approximate surface area is 143 Å². The molecule has 0 bridgehead atoms. The Hall–Kier alpha value is -3.00. The Kier molecular flexibility index (Phi) is 4.90. The Bertz CT molecular complexity index is 789. The number of hydrogen-bond acceptors (Lipinski definition) is 5. The molecule has 3 rings (SSSR count). The highest BCUT2D eigenvalue weighted by molar-refractivity contribution is 6.04. The third-order valence-electron chi connectivity index (χ3n) is 3.89. The van der Waals surface area contributed by atoms with Gasteiger partial charge in [0.25, 0.3) is 11.6 Å². The van der Waals surface area contributed by atoms with Crippen molar-refractivity contribution >= 4 is 23.0 Å². The van der Waals surface area contributed by atoms with Crippen LogP contribution in [-0.4, -0.2) is 37.1 Å². The maximum absolute atomic E-state index is 12.9. The van der Waals surface area contributed by atoms with E-state index in [-0.39, 0.29) is 11.3 Å². The van der Waals surface area contributed by atoms with Crippen LogP contribution in [0.25, 0.3) is 0 Å². The number of carbonyl (C=O) groups is 1. The second-order valence-electron chi connectivity index (χ2n) is 5.52. The van der Waals surface area contributed by atoms with Gasteiger partial charge in [-0.2, -0.15) is 0 Å². The first-order chi connectivity index (χ1) is 12.0. The summed E-state index contributed by atoms with van der Waals surface area (Å²) < 4.78 is 18.2. The molecule has 1 heterocycles. The van der Waals surface area contributed by atoms with Gasteiger partial charge in [0.05, 0.1) is 18.1 Å². The molecule has 2 aromatic rings. The number of rotatable bonds is 4. The van der Waals surface area contributed by atoms with Crippen LogP contribution < -0.4 is 10.2 Å². The van der Waals surface area contributed by atoms with Crippen LogP contribution in [0.15, 0.2) is 42.5 Å². The van der Waals surface area contributed by atoms with Crippen LogP contribution >= 0.6 is 0 Å². The van der Waals surface area contributed by atoms with Crippen LogP contribution in [0.3, 0.4) is 0 Å². The predicted molar refractivity (Wildman–Crippen MR) is 90.5 cm³/mol. The average molecular weight is 345 g/mol. The molecule has 0 radical (unpaired) electrons. The summed E-state index contributed by atoms with van der Waals surface area (Å²) in [5, 5.41) is 14.0. The Balaban J connectivity index is 1.82. The number of amides is 1. The Morgan fingerprint density at radius 2 is 1.84 bits per heavy atom. The molecule has 0 unspecified atom stereocenters. The van der Waals surface area contributed by atoms with E-state index >= 15 is 0 Å². The topological polar surface area (TPSA) is 84.7 Å². The number of halogens is 1. The molecular formula is C17H16FN3O4. The van der Waals surface area contributed by atoms with E-state index in [1.165, 1.54) is 30.3 Å². The van der Waals surface area contributed by atoms with Gasteiger partial charge in [-0.05, 0) is 36.4 Å². The van der Waals surface area contributed by atoms with E-state index in [1.54, 1.807) is 12.1 Å². The lowest BCUT2D eigenvalue weighted by atomic mass is 10.2. The molecule has 7 nitrogen and oxygen atoms in total. The maximum atomic E-state index is 12.9. The van der Waals surface area contributed by atoms with Gasteiger partial charge >= 0.3 is 0 Å². The van der Waals surface area contributed by atoms with Crippen molar-refractivity contribution < 1.29 is 18.8 Å². The van der Waals surface area contributed by atoms with Gasteiger partial charge in [-0.25, -0.2) is 4.39 Å². The van der Waals surface area contributed by atoms with Crippen molar-refractivity contribution in [2.75, 3.05) is 36.5 Å². The lowest BCUT2D eigenvalue weighted by Gasteiger charge is -2.28. The largest absolute Gasteiger partial charge is 0.378 e. The number of anilines is 2. The fourth-order valence-corrected chi connectivity index (χ4v) is 2.62. The van der Waals surface area contributed by atoms with E-state index in [9.17, 15) is 19.3 Å². The molecule has 0 aromatic heterocycles. The lowest BCUT2D eigenvalue weighted by molar-refractivity contribution is -0.384. The number of morpholine rings is 1. The zero-order valence-electron chi connectivity index (χ0n) is 13.3. The highest BCUT2D eigenvalue weighted by atomic mass is 19.1. The third-order valence-corrected chi connectivity index (χ3v) is 3.89. The van der Waals surface area contributed by atoms with Crippen LogP contribution in [0.2, 0.25) is 0 Å². The summed E-state index contributed by atoms with van der Waals surface area (Å²) in [6.45, 7) is 2.17. The molecule has 0 aliphatic carbocycles. The number of ether oxygens (including phenoxy) is 1. The smallest absolute Gasteiger partial charge is 0.294 e. The maximum Gasteiger partial charge on any atom is 0.294 e. The van der Waals surface area contributed by atoms with Crippen molar-refractivity contribution in [2.24, 2.45) is 0 Å². The monoisotopic (exact) mass is 345 g/mol. The number of nitrogens with one attached hydrogen (secondary N) is 1. The van der Waals surface area contributed by atoms with E-state index in [1.807, 2.05) is 4.90 Å². The summed E-state index contributed by atoms with van der Waals surface area (Å²) in [5.41, 5.74) is 0.978. The first-order valence-corrected chi connectivity index (χ1v) is 7.72. The van der Waals surface area contributed by atoms with E-state index in [0.717, 1.165) is 0 Å². The number of nitro groups is 1. The van der Waals surface area contributed by atoms with Gasteiger partial charge in [-0.3, -0.25) is 14.9 Å². The highest BCUT2D eigenvalue weighted by Gasteiger charge is 2.22. The molecule has 0 saturated carbocycles. The van der Waals surface area contributed by atoms with Crippen LogP contribution in [-0.2, 0) is 4.74 Å². The van der Waals surface area contributed by atoms with Gasteiger partial charge in [0.1, 0.15) is 11.5 Å². The van der Waals surface area contributed by atoms with Crippen LogP contribution in [0.1, 0.15) is 10.4 Å². The van der Waals surface area contributed by atoms with Gasteiger partial charge in [0.2, 0.25) is 0 Å². The first-order valence-electron chi connectivity index (χ1n) is 7.72. The first kappa shape index (κ1) is 16.8. The minimum absolute atomic E-state index is 0.0844. The summed E-state index contributed by atoms with van der Waals surface area (Å²) in [4.78, 5) is 25.0. The van der Waals surface area contributed by atoms with Gasteiger partial charge in [0.15, 0.2) is 0 Å². The standard InChI is InChI=1S/C17H16FN3O4/c18-13-3-1-12(2-4-13)17(22)19-14-5-6-15(16(11-14)21(23)24)20-7-9-25-10-8-20/h1-6,11H,7-10H2,(H,19,22). The molecule has 8 heteroatoms. The highest BCUT2D eigenvalue weighted by Crippen LogP contribution is 2.31. The van der Waals surface area contributed by atoms with Gasteiger partial charge in [-0.15, -0.1) is 0 Å². The average Bonchev–Trinajstić information content (AvgIpc) is 2.63. The van der Waals surface area contributed by atoms with Crippen molar-refractivity contribution in [1.82, 2.24) is 0 Å². The fraction of sp³-hybridized carbons (Fsp3) is 0.235. The van der Waals surface area contributed by atoms with Crippen molar-refractivity contribution in [1.29, 1.82) is 0 Å². The molecule has 1 fully saturated rings. The summed E-state index contributed by atoms with van der Waals surface area (Å²) in [5.74, 6) is -0.907. The van der Waals surface area contributed by atoms with Crippen molar-refractivity contribution in [3.63, 3.8) is 0 Å². The number of nitro benzene ring substituents is 1. The predicted octanol–water partition coefficient (Wildman–Crippen LogP) is 2.82. The molecule has 0 atom stereocenters. The third kappa shape index (κ3) is 3.92. The van der Waals surface area contributed by atoms with E-state index in [0.29, 0.717) is 37.7 Å². The quantitative estimate of drug-likeness (QED) is 0.680.